The summed E-state index contributed by atoms with van der Waals surface area (Å²) in [4.78, 5) is 23.3. The van der Waals surface area contributed by atoms with Crippen molar-refractivity contribution in [2.45, 2.75) is 25.7 Å². The molecule has 0 saturated heterocycles. The fourth-order valence-electron chi connectivity index (χ4n) is 2.29. The standard InChI is InChI=1S/C16H27N5O4S/c1-4-18-13-8-7-12(26(24,25)21(5-2)6-3)9-14(13)20-16(23)11-19-15(22)10-17/h7-9,18H,4-6,10-11,17H2,1-3H3,(H,19,22)(H,20,23). The molecule has 0 spiro atoms. The number of rotatable bonds is 10. The Morgan fingerprint density at radius 3 is 2.27 bits per heavy atom. The van der Waals surface area contributed by atoms with Crippen LogP contribution in [-0.2, 0) is 19.6 Å². The molecule has 0 heterocycles. The van der Waals surface area contributed by atoms with Gasteiger partial charge in [-0.25, -0.2) is 8.42 Å². The fourth-order valence-corrected chi connectivity index (χ4v) is 3.77. The third-order valence-corrected chi connectivity index (χ3v) is 5.65. The summed E-state index contributed by atoms with van der Waals surface area (Å²) < 4.78 is 26.7. The first-order valence-corrected chi connectivity index (χ1v) is 9.88. The zero-order chi connectivity index (χ0) is 19.7. The number of carbonyl (C=O) groups excluding carboxylic acids is 2. The number of amides is 2. The summed E-state index contributed by atoms with van der Waals surface area (Å²) in [6.45, 7) is 6.22. The molecule has 0 fully saturated rings. The predicted molar refractivity (Wildman–Crippen MR) is 101 cm³/mol. The summed E-state index contributed by atoms with van der Waals surface area (Å²) in [5, 5.41) is 8.05. The van der Waals surface area contributed by atoms with Crippen LogP contribution in [0, 0.1) is 0 Å². The van der Waals surface area contributed by atoms with Crippen molar-refractivity contribution in [3.05, 3.63) is 18.2 Å². The van der Waals surface area contributed by atoms with Gasteiger partial charge in [-0.3, -0.25) is 9.59 Å². The maximum absolute atomic E-state index is 12.7. The third-order valence-electron chi connectivity index (χ3n) is 3.61. The summed E-state index contributed by atoms with van der Waals surface area (Å²) in [7, 11) is -3.65. The summed E-state index contributed by atoms with van der Waals surface area (Å²) in [5.41, 5.74) is 6.09. The quantitative estimate of drug-likeness (QED) is 0.453. The second-order valence-corrected chi connectivity index (χ2v) is 7.29. The van der Waals surface area contributed by atoms with Gasteiger partial charge in [0.2, 0.25) is 21.8 Å². The first-order valence-electron chi connectivity index (χ1n) is 8.44. The van der Waals surface area contributed by atoms with Crippen LogP contribution in [-0.4, -0.2) is 57.3 Å². The van der Waals surface area contributed by atoms with Gasteiger partial charge in [-0.1, -0.05) is 13.8 Å². The molecule has 0 atom stereocenters. The van der Waals surface area contributed by atoms with E-state index >= 15 is 0 Å². The van der Waals surface area contributed by atoms with Crippen LogP contribution in [0.4, 0.5) is 11.4 Å². The van der Waals surface area contributed by atoms with Crippen molar-refractivity contribution in [1.82, 2.24) is 9.62 Å². The number of carbonyl (C=O) groups is 2. The fraction of sp³-hybridized carbons (Fsp3) is 0.500. The van der Waals surface area contributed by atoms with Crippen LogP contribution in [0.3, 0.4) is 0 Å². The number of sulfonamides is 1. The lowest BCUT2D eigenvalue weighted by molar-refractivity contribution is -0.123. The Labute approximate surface area is 154 Å². The van der Waals surface area contributed by atoms with Crippen LogP contribution in [0.25, 0.3) is 0 Å². The smallest absolute Gasteiger partial charge is 0.243 e. The minimum atomic E-state index is -3.65. The number of hydrogen-bond donors (Lipinski definition) is 4. The van der Waals surface area contributed by atoms with Crippen molar-refractivity contribution in [3.8, 4) is 0 Å². The number of nitrogens with one attached hydrogen (secondary N) is 3. The van der Waals surface area contributed by atoms with Crippen LogP contribution in [0.1, 0.15) is 20.8 Å². The molecule has 5 N–H and O–H groups in total. The van der Waals surface area contributed by atoms with Crippen LogP contribution in [0.2, 0.25) is 0 Å². The van der Waals surface area contributed by atoms with Gasteiger partial charge in [0, 0.05) is 19.6 Å². The van der Waals surface area contributed by atoms with Crippen molar-refractivity contribution in [2.75, 3.05) is 43.4 Å². The van der Waals surface area contributed by atoms with Crippen molar-refractivity contribution in [3.63, 3.8) is 0 Å². The molecule has 2 amide bonds. The van der Waals surface area contributed by atoms with Crippen molar-refractivity contribution in [2.24, 2.45) is 5.73 Å². The molecule has 0 aliphatic rings. The van der Waals surface area contributed by atoms with E-state index in [-0.39, 0.29) is 18.0 Å². The van der Waals surface area contributed by atoms with Crippen LogP contribution in [0.15, 0.2) is 23.1 Å². The Balaban J connectivity index is 3.12. The number of anilines is 2. The first-order chi connectivity index (χ1) is 12.3. The van der Waals surface area contributed by atoms with Gasteiger partial charge in [0.15, 0.2) is 0 Å². The van der Waals surface area contributed by atoms with Crippen LogP contribution < -0.4 is 21.7 Å². The Hall–Kier alpha value is -2.17. The molecule has 0 saturated carbocycles. The van der Waals surface area contributed by atoms with E-state index in [1.165, 1.54) is 16.4 Å². The maximum Gasteiger partial charge on any atom is 0.243 e. The second kappa shape index (κ2) is 10.1. The van der Waals surface area contributed by atoms with Crippen molar-refractivity contribution < 1.29 is 18.0 Å². The summed E-state index contributed by atoms with van der Waals surface area (Å²) in [5.74, 6) is -0.937. The highest BCUT2D eigenvalue weighted by Gasteiger charge is 2.23. The minimum Gasteiger partial charge on any atom is -0.384 e. The molecule has 0 aliphatic carbocycles. The molecule has 0 radical (unpaired) electrons. The summed E-state index contributed by atoms with van der Waals surface area (Å²) >= 11 is 0. The largest absolute Gasteiger partial charge is 0.384 e. The predicted octanol–water partition coefficient (Wildman–Crippen LogP) is 0.162. The lowest BCUT2D eigenvalue weighted by Gasteiger charge is -2.20. The van der Waals surface area contributed by atoms with E-state index in [0.29, 0.717) is 31.0 Å². The molecule has 0 bridgehead atoms. The summed E-state index contributed by atoms with van der Waals surface area (Å²) in [6.07, 6.45) is 0. The zero-order valence-corrected chi connectivity index (χ0v) is 16.1. The first kappa shape index (κ1) is 21.9. The van der Waals surface area contributed by atoms with Gasteiger partial charge in [-0.05, 0) is 25.1 Å². The van der Waals surface area contributed by atoms with Gasteiger partial charge in [-0.2, -0.15) is 4.31 Å². The maximum atomic E-state index is 12.7. The van der Waals surface area contributed by atoms with E-state index < -0.39 is 21.8 Å². The van der Waals surface area contributed by atoms with E-state index in [0.717, 1.165) is 0 Å². The highest BCUT2D eigenvalue weighted by atomic mass is 32.2. The van der Waals surface area contributed by atoms with Gasteiger partial charge in [0.05, 0.1) is 29.4 Å². The molecule has 26 heavy (non-hydrogen) atoms. The molecule has 10 heteroatoms. The molecule has 146 valence electrons. The SMILES string of the molecule is CCNc1ccc(S(=O)(=O)N(CC)CC)cc1NC(=O)CNC(=O)CN. The van der Waals surface area contributed by atoms with Crippen molar-refractivity contribution in [1.29, 1.82) is 0 Å². The highest BCUT2D eigenvalue weighted by Crippen LogP contribution is 2.27. The zero-order valence-electron chi connectivity index (χ0n) is 15.3. The van der Waals surface area contributed by atoms with Gasteiger partial charge in [0.25, 0.3) is 0 Å². The average Bonchev–Trinajstić information content (AvgIpc) is 2.62. The van der Waals surface area contributed by atoms with Gasteiger partial charge in [0.1, 0.15) is 0 Å². The number of nitrogens with zero attached hydrogens (tertiary/aromatic N) is 1. The molecule has 1 aromatic carbocycles. The Morgan fingerprint density at radius 1 is 1.08 bits per heavy atom. The minimum absolute atomic E-state index is 0.0872. The van der Waals surface area contributed by atoms with E-state index in [1.807, 2.05) is 6.92 Å². The molecule has 0 aromatic heterocycles. The van der Waals surface area contributed by atoms with E-state index in [9.17, 15) is 18.0 Å². The van der Waals surface area contributed by atoms with Crippen molar-refractivity contribution >= 4 is 33.2 Å². The molecular weight excluding hydrogens is 358 g/mol. The highest BCUT2D eigenvalue weighted by molar-refractivity contribution is 7.89. The normalized spacial score (nSPS) is 11.3. The van der Waals surface area contributed by atoms with E-state index in [4.69, 9.17) is 5.73 Å². The topological polar surface area (TPSA) is 134 Å². The molecule has 1 rings (SSSR count). The molecule has 1 aromatic rings. The Bertz CT molecular complexity index is 732. The van der Waals surface area contributed by atoms with E-state index in [2.05, 4.69) is 16.0 Å². The van der Waals surface area contributed by atoms with Crippen LogP contribution in [0.5, 0.6) is 0 Å². The van der Waals surface area contributed by atoms with Gasteiger partial charge >= 0.3 is 0 Å². The lowest BCUT2D eigenvalue weighted by Crippen LogP contribution is -2.36. The number of hydrogen-bond acceptors (Lipinski definition) is 6. The lowest BCUT2D eigenvalue weighted by atomic mass is 10.2. The van der Waals surface area contributed by atoms with Gasteiger partial charge in [-0.15, -0.1) is 0 Å². The molecule has 9 nitrogen and oxygen atoms in total. The molecule has 0 unspecified atom stereocenters. The average molecular weight is 385 g/mol. The number of benzene rings is 1. The van der Waals surface area contributed by atoms with Crippen LogP contribution >= 0.6 is 0 Å². The third kappa shape index (κ3) is 5.68. The van der Waals surface area contributed by atoms with E-state index in [1.54, 1.807) is 19.9 Å². The Kier molecular flexibility index (Phi) is 8.49. The summed E-state index contributed by atoms with van der Waals surface area (Å²) in [6, 6.07) is 4.51. The number of nitrogens with two attached hydrogens (primary N) is 1. The molecular formula is C16H27N5O4S. The van der Waals surface area contributed by atoms with Gasteiger partial charge < -0.3 is 21.7 Å². The molecule has 0 aliphatic heterocycles. The Morgan fingerprint density at radius 2 is 1.73 bits per heavy atom. The monoisotopic (exact) mass is 385 g/mol. The second-order valence-electron chi connectivity index (χ2n) is 5.36.